The van der Waals surface area contributed by atoms with Gasteiger partial charge >= 0.3 is 5.97 Å². The third-order valence-corrected chi connectivity index (χ3v) is 2.81. The molecule has 1 unspecified atom stereocenters. The molecule has 6 heteroatoms. The lowest BCUT2D eigenvalue weighted by atomic mass is 10.0. The zero-order valence-electron chi connectivity index (χ0n) is 10.4. The first kappa shape index (κ1) is 14.7. The van der Waals surface area contributed by atoms with Crippen LogP contribution in [0.15, 0.2) is 12.1 Å². The number of hydrogen-bond acceptors (Lipinski definition) is 4. The van der Waals surface area contributed by atoms with Gasteiger partial charge in [-0.1, -0.05) is 25.4 Å². The van der Waals surface area contributed by atoms with Crippen LogP contribution in [0.4, 0.5) is 5.82 Å². The number of aromatic carboxylic acids is 1. The number of carbonyl (C=O) groups is 1. The summed E-state index contributed by atoms with van der Waals surface area (Å²) in [7, 11) is 0. The van der Waals surface area contributed by atoms with Crippen LogP contribution < -0.4 is 5.32 Å². The molecule has 0 radical (unpaired) electrons. The van der Waals surface area contributed by atoms with Crippen molar-refractivity contribution in [3.63, 3.8) is 0 Å². The van der Waals surface area contributed by atoms with Crippen molar-refractivity contribution in [2.24, 2.45) is 5.92 Å². The zero-order valence-corrected chi connectivity index (χ0v) is 11.1. The summed E-state index contributed by atoms with van der Waals surface area (Å²) >= 11 is 5.77. The summed E-state index contributed by atoms with van der Waals surface area (Å²) in [6.45, 7) is 4.08. The lowest BCUT2D eigenvalue weighted by Gasteiger charge is -2.22. The normalized spacial score (nSPS) is 12.5. The van der Waals surface area contributed by atoms with Gasteiger partial charge in [0.15, 0.2) is 0 Å². The van der Waals surface area contributed by atoms with Gasteiger partial charge in [0.05, 0.1) is 5.56 Å². The molecular weight excluding hydrogens is 256 g/mol. The first-order chi connectivity index (χ1) is 8.43. The minimum atomic E-state index is -1.05. The van der Waals surface area contributed by atoms with Crippen molar-refractivity contribution in [1.29, 1.82) is 0 Å². The van der Waals surface area contributed by atoms with Gasteiger partial charge < -0.3 is 15.5 Å². The summed E-state index contributed by atoms with van der Waals surface area (Å²) in [4.78, 5) is 14.9. The number of rotatable bonds is 6. The highest BCUT2D eigenvalue weighted by molar-refractivity contribution is 6.29. The van der Waals surface area contributed by atoms with Gasteiger partial charge in [-0.25, -0.2) is 9.78 Å². The highest BCUT2D eigenvalue weighted by Gasteiger charge is 2.15. The Morgan fingerprint density at radius 1 is 1.50 bits per heavy atom. The van der Waals surface area contributed by atoms with E-state index in [-0.39, 0.29) is 29.3 Å². The van der Waals surface area contributed by atoms with Crippen LogP contribution in [0.1, 0.15) is 30.6 Å². The van der Waals surface area contributed by atoms with Crippen molar-refractivity contribution in [2.45, 2.75) is 26.3 Å². The Bertz CT molecular complexity index is 424. The lowest BCUT2D eigenvalue weighted by Crippen LogP contribution is -2.27. The van der Waals surface area contributed by atoms with Crippen molar-refractivity contribution in [3.8, 4) is 0 Å². The smallest absolute Gasteiger partial charge is 0.335 e. The van der Waals surface area contributed by atoms with E-state index in [1.54, 1.807) is 0 Å². The highest BCUT2D eigenvalue weighted by Crippen LogP contribution is 2.18. The first-order valence-corrected chi connectivity index (χ1v) is 6.10. The average Bonchev–Trinajstić information content (AvgIpc) is 2.27. The number of nitrogens with zero attached hydrogens (tertiary/aromatic N) is 1. The Kier molecular flexibility index (Phi) is 5.37. The Labute approximate surface area is 111 Å². The number of aliphatic hydroxyl groups is 1. The van der Waals surface area contributed by atoms with Crippen molar-refractivity contribution < 1.29 is 15.0 Å². The van der Waals surface area contributed by atoms with Gasteiger partial charge in [-0.3, -0.25) is 0 Å². The standard InChI is InChI=1S/C12H17ClN2O3/c1-7(2)9(3-4-16)14-11-6-8(12(17)18)5-10(13)15-11/h5-7,9,16H,3-4H2,1-2H3,(H,14,15)(H,17,18). The Hall–Kier alpha value is -1.33. The lowest BCUT2D eigenvalue weighted by molar-refractivity contribution is 0.0697. The maximum Gasteiger partial charge on any atom is 0.335 e. The topological polar surface area (TPSA) is 82.5 Å². The van der Waals surface area contributed by atoms with Crippen LogP contribution in [-0.2, 0) is 0 Å². The molecule has 18 heavy (non-hydrogen) atoms. The van der Waals surface area contributed by atoms with Gasteiger partial charge in [0.25, 0.3) is 0 Å². The van der Waals surface area contributed by atoms with E-state index >= 15 is 0 Å². The molecule has 1 atom stereocenters. The van der Waals surface area contributed by atoms with Crippen LogP contribution in [0.3, 0.4) is 0 Å². The van der Waals surface area contributed by atoms with Crippen molar-refractivity contribution in [1.82, 2.24) is 4.98 Å². The summed E-state index contributed by atoms with van der Waals surface area (Å²) in [6, 6.07) is 2.74. The van der Waals surface area contributed by atoms with E-state index in [9.17, 15) is 4.79 Å². The second-order valence-corrected chi connectivity index (χ2v) is 4.76. The molecule has 0 bridgehead atoms. The van der Waals surface area contributed by atoms with Crippen molar-refractivity contribution >= 4 is 23.4 Å². The number of halogens is 1. The van der Waals surface area contributed by atoms with Gasteiger partial charge in [-0.05, 0) is 24.5 Å². The second kappa shape index (κ2) is 6.56. The van der Waals surface area contributed by atoms with Gasteiger partial charge in [0.1, 0.15) is 11.0 Å². The summed E-state index contributed by atoms with van der Waals surface area (Å²) < 4.78 is 0. The molecule has 0 spiro atoms. The van der Waals surface area contributed by atoms with Gasteiger partial charge in [-0.15, -0.1) is 0 Å². The number of anilines is 1. The van der Waals surface area contributed by atoms with Crippen LogP contribution in [0.2, 0.25) is 5.15 Å². The number of aromatic nitrogens is 1. The summed E-state index contributed by atoms with van der Waals surface area (Å²) in [5.74, 6) is -0.358. The fourth-order valence-electron chi connectivity index (χ4n) is 1.60. The van der Waals surface area contributed by atoms with Crippen molar-refractivity contribution in [2.75, 3.05) is 11.9 Å². The first-order valence-electron chi connectivity index (χ1n) is 5.72. The van der Waals surface area contributed by atoms with E-state index in [0.29, 0.717) is 12.2 Å². The highest BCUT2D eigenvalue weighted by atomic mass is 35.5. The van der Waals surface area contributed by atoms with Crippen LogP contribution in [0.5, 0.6) is 0 Å². The summed E-state index contributed by atoms with van der Waals surface area (Å²) in [5, 5.41) is 21.1. The molecule has 5 nitrogen and oxygen atoms in total. The Morgan fingerprint density at radius 2 is 2.17 bits per heavy atom. The molecule has 1 aromatic rings. The Balaban J connectivity index is 2.91. The fraction of sp³-hybridized carbons (Fsp3) is 0.500. The minimum absolute atomic E-state index is 0.0163. The number of aliphatic hydroxyl groups excluding tert-OH is 1. The summed E-state index contributed by atoms with van der Waals surface area (Å²) in [6.07, 6.45) is 0.564. The van der Waals surface area contributed by atoms with Gasteiger partial charge in [0.2, 0.25) is 0 Å². The Morgan fingerprint density at radius 3 is 2.67 bits per heavy atom. The molecule has 0 saturated carbocycles. The quantitative estimate of drug-likeness (QED) is 0.692. The number of carboxylic acid groups (broad SMARTS) is 1. The minimum Gasteiger partial charge on any atom is -0.478 e. The van der Waals surface area contributed by atoms with Crippen LogP contribution in [0.25, 0.3) is 0 Å². The molecule has 0 aliphatic rings. The molecule has 1 rings (SSSR count). The number of hydrogen-bond donors (Lipinski definition) is 3. The average molecular weight is 273 g/mol. The van der Waals surface area contributed by atoms with Crippen molar-refractivity contribution in [3.05, 3.63) is 22.8 Å². The molecule has 0 aromatic carbocycles. The largest absolute Gasteiger partial charge is 0.478 e. The molecule has 0 fully saturated rings. The maximum absolute atomic E-state index is 10.9. The van der Waals surface area contributed by atoms with E-state index in [1.807, 2.05) is 13.8 Å². The van der Waals surface area contributed by atoms with E-state index in [4.69, 9.17) is 21.8 Å². The number of pyridine rings is 1. The van der Waals surface area contributed by atoms with E-state index in [2.05, 4.69) is 10.3 Å². The monoisotopic (exact) mass is 272 g/mol. The van der Waals surface area contributed by atoms with Crippen LogP contribution >= 0.6 is 11.6 Å². The number of nitrogens with one attached hydrogen (secondary N) is 1. The molecule has 1 heterocycles. The van der Waals surface area contributed by atoms with E-state index in [1.165, 1.54) is 12.1 Å². The summed E-state index contributed by atoms with van der Waals surface area (Å²) in [5.41, 5.74) is 0.0870. The molecule has 0 aliphatic carbocycles. The molecule has 0 saturated heterocycles. The fourth-order valence-corrected chi connectivity index (χ4v) is 1.80. The zero-order chi connectivity index (χ0) is 13.7. The van der Waals surface area contributed by atoms with E-state index in [0.717, 1.165) is 0 Å². The van der Waals surface area contributed by atoms with Gasteiger partial charge in [0, 0.05) is 12.6 Å². The van der Waals surface area contributed by atoms with E-state index < -0.39 is 5.97 Å². The molecule has 100 valence electrons. The third-order valence-electron chi connectivity index (χ3n) is 2.62. The maximum atomic E-state index is 10.9. The van der Waals surface area contributed by atoms with Crippen LogP contribution in [-0.4, -0.2) is 33.8 Å². The SMILES string of the molecule is CC(C)C(CCO)Nc1cc(C(=O)O)cc(Cl)n1. The molecule has 0 amide bonds. The molecular formula is C12H17ClN2O3. The number of carboxylic acids is 1. The molecule has 3 N–H and O–H groups in total. The van der Waals surface area contributed by atoms with Gasteiger partial charge in [-0.2, -0.15) is 0 Å². The predicted molar refractivity (Wildman–Crippen MR) is 70.2 cm³/mol. The second-order valence-electron chi connectivity index (χ2n) is 4.38. The predicted octanol–water partition coefficient (Wildman–Crippen LogP) is 2.25. The molecule has 1 aromatic heterocycles. The molecule has 0 aliphatic heterocycles. The van der Waals surface area contributed by atoms with Crippen LogP contribution in [0, 0.1) is 5.92 Å². The third kappa shape index (κ3) is 4.16.